The molecule has 0 unspecified atom stereocenters. The summed E-state index contributed by atoms with van der Waals surface area (Å²) in [6.45, 7) is 0. The zero-order chi connectivity index (χ0) is 22.5. The lowest BCUT2D eigenvalue weighted by atomic mass is 10.0. The van der Waals surface area contributed by atoms with E-state index in [0.717, 1.165) is 66.5 Å². The van der Waals surface area contributed by atoms with Crippen LogP contribution in [0.4, 0.5) is 0 Å². The number of aliphatic imine (C=N–C) groups is 2. The Balaban J connectivity index is 1.63. The second kappa shape index (κ2) is 7.42. The molecule has 0 saturated carbocycles. The van der Waals surface area contributed by atoms with Crippen molar-refractivity contribution in [3.63, 3.8) is 0 Å². The molecule has 0 saturated heterocycles. The van der Waals surface area contributed by atoms with Gasteiger partial charge in [0.25, 0.3) is 0 Å². The van der Waals surface area contributed by atoms with Crippen LogP contribution >= 0.6 is 0 Å². The van der Waals surface area contributed by atoms with Gasteiger partial charge < -0.3 is 9.97 Å². The summed E-state index contributed by atoms with van der Waals surface area (Å²) in [5.74, 6) is 0. The Hall–Kier alpha value is -4.70. The number of nitrogens with zero attached hydrogens (tertiary/aromatic N) is 2. The van der Waals surface area contributed by atoms with Crippen molar-refractivity contribution in [3.8, 4) is 0 Å². The standard InChI is InChI=1S/C30H20N4/c1-3-7-19(8-4-1)29-25-15-11-21(31-25)23-13-17-27(33-23)30(20-9-5-2-6-10-20)28-18-14-24(34-28)22-12-16-26(29)32-22/h1-18,31,33H. The highest BCUT2D eigenvalue weighted by Gasteiger charge is 2.19. The fourth-order valence-corrected chi connectivity index (χ4v) is 4.78. The zero-order valence-electron chi connectivity index (χ0n) is 18.3. The number of nitrogens with one attached hydrogen (secondary N) is 2. The molecule has 2 aromatic carbocycles. The fourth-order valence-electron chi connectivity index (χ4n) is 4.78. The van der Waals surface area contributed by atoms with E-state index in [4.69, 9.17) is 9.98 Å². The van der Waals surface area contributed by atoms with Crippen molar-refractivity contribution in [2.24, 2.45) is 9.98 Å². The molecule has 4 nitrogen and oxygen atoms in total. The molecule has 34 heavy (non-hydrogen) atoms. The van der Waals surface area contributed by atoms with Crippen molar-refractivity contribution < 1.29 is 0 Å². The molecule has 3 aliphatic heterocycles. The molecule has 0 aliphatic carbocycles. The fraction of sp³-hybridized carbons (Fsp3) is 0. The van der Waals surface area contributed by atoms with Gasteiger partial charge in [0.15, 0.2) is 0 Å². The van der Waals surface area contributed by atoms with Gasteiger partial charge in [0.2, 0.25) is 0 Å². The van der Waals surface area contributed by atoms with Crippen molar-refractivity contribution in [2.75, 3.05) is 0 Å². The van der Waals surface area contributed by atoms with Crippen LogP contribution in [0.2, 0.25) is 0 Å². The number of benzene rings is 2. The van der Waals surface area contributed by atoms with E-state index < -0.39 is 0 Å². The second-order valence-corrected chi connectivity index (χ2v) is 8.48. The summed E-state index contributed by atoms with van der Waals surface area (Å²) in [5, 5.41) is 4.12. The number of aromatic nitrogens is 2. The van der Waals surface area contributed by atoms with Gasteiger partial charge in [-0.05, 0) is 59.7 Å². The lowest BCUT2D eigenvalue weighted by Gasteiger charge is -2.06. The molecule has 0 spiro atoms. The molecular weight excluding hydrogens is 416 g/mol. The number of rotatable bonds is 2. The van der Waals surface area contributed by atoms with Crippen molar-refractivity contribution in [3.05, 3.63) is 153 Å². The van der Waals surface area contributed by atoms with Crippen molar-refractivity contribution in [1.29, 1.82) is 0 Å². The van der Waals surface area contributed by atoms with Crippen LogP contribution in [0.5, 0.6) is 0 Å². The van der Waals surface area contributed by atoms with E-state index in [9.17, 15) is 0 Å². The number of allylic oxidation sites excluding steroid dienone is 4. The Labute approximate surface area is 195 Å². The van der Waals surface area contributed by atoms with Gasteiger partial charge in [0.1, 0.15) is 0 Å². The number of hydrogen-bond donors (Lipinski definition) is 2. The Kier molecular flexibility index (Phi) is 4.11. The van der Waals surface area contributed by atoms with Gasteiger partial charge in [-0.3, -0.25) is 0 Å². The molecule has 4 heteroatoms. The smallest absolute Gasteiger partial charge is 0.0894 e. The van der Waals surface area contributed by atoms with Gasteiger partial charge in [0.05, 0.1) is 33.5 Å². The summed E-state index contributed by atoms with van der Waals surface area (Å²) in [7, 11) is 0. The maximum atomic E-state index is 5.01. The molecule has 7 rings (SSSR count). The largest absolute Gasteiger partial charge is 0.353 e. The van der Waals surface area contributed by atoms with E-state index in [1.807, 2.05) is 12.1 Å². The molecule has 5 heterocycles. The van der Waals surface area contributed by atoms with E-state index in [1.165, 1.54) is 0 Å². The van der Waals surface area contributed by atoms with Crippen LogP contribution in [0.15, 0.2) is 131 Å². The van der Waals surface area contributed by atoms with Crippen LogP contribution in [0.3, 0.4) is 0 Å². The van der Waals surface area contributed by atoms with Gasteiger partial charge >= 0.3 is 0 Å². The predicted molar refractivity (Wildman–Crippen MR) is 137 cm³/mol. The molecule has 0 atom stereocenters. The monoisotopic (exact) mass is 436 g/mol. The first-order valence-electron chi connectivity index (χ1n) is 11.4. The van der Waals surface area contributed by atoms with Crippen LogP contribution in [-0.2, 0) is 0 Å². The summed E-state index contributed by atoms with van der Waals surface area (Å²) < 4.78 is 0. The maximum absolute atomic E-state index is 5.01. The molecule has 2 aromatic heterocycles. The molecule has 160 valence electrons. The first-order valence-corrected chi connectivity index (χ1v) is 11.4. The van der Waals surface area contributed by atoms with Crippen LogP contribution in [0.25, 0.3) is 11.1 Å². The van der Waals surface area contributed by atoms with Crippen LogP contribution in [-0.4, -0.2) is 21.4 Å². The highest BCUT2D eigenvalue weighted by molar-refractivity contribution is 6.31. The SMILES string of the molecule is C1=CC2=C3C=CC(=N3)C(c3ccccc3)=c3ccc([nH]3)=c3ccc([nH]3)=C(c3ccccc3)C1=N2. The number of fused-ring (bicyclic) bond motifs is 6. The summed E-state index contributed by atoms with van der Waals surface area (Å²) in [4.78, 5) is 17.3. The highest BCUT2D eigenvalue weighted by atomic mass is 14.9. The minimum atomic E-state index is 0.873. The van der Waals surface area contributed by atoms with E-state index in [-0.39, 0.29) is 0 Å². The van der Waals surface area contributed by atoms with Gasteiger partial charge in [-0.25, -0.2) is 9.98 Å². The first kappa shape index (κ1) is 18.8. The number of hydrogen-bond acceptors (Lipinski definition) is 2. The maximum Gasteiger partial charge on any atom is 0.0894 e. The average Bonchev–Trinajstić information content (AvgIpc) is 3.68. The third-order valence-electron chi connectivity index (χ3n) is 6.38. The lowest BCUT2D eigenvalue weighted by molar-refractivity contribution is 1.17. The van der Waals surface area contributed by atoms with E-state index in [1.54, 1.807) is 0 Å². The van der Waals surface area contributed by atoms with E-state index in [0.29, 0.717) is 0 Å². The Morgan fingerprint density at radius 1 is 0.412 bits per heavy atom. The van der Waals surface area contributed by atoms with Crippen LogP contribution < -0.4 is 10.7 Å². The summed E-state index contributed by atoms with van der Waals surface area (Å²) >= 11 is 0. The Morgan fingerprint density at radius 3 is 1.26 bits per heavy atom. The topological polar surface area (TPSA) is 56.3 Å². The molecule has 0 amide bonds. The number of aromatic amines is 2. The van der Waals surface area contributed by atoms with Gasteiger partial charge in [-0.15, -0.1) is 0 Å². The average molecular weight is 437 g/mol. The van der Waals surface area contributed by atoms with Crippen molar-refractivity contribution >= 4 is 22.6 Å². The summed E-state index contributed by atoms with van der Waals surface area (Å²) in [6, 6.07) is 29.3. The molecule has 8 bridgehead atoms. The number of H-pyrrole nitrogens is 2. The highest BCUT2D eigenvalue weighted by Crippen LogP contribution is 2.27. The minimum absolute atomic E-state index is 0.873. The van der Waals surface area contributed by atoms with E-state index >= 15 is 0 Å². The lowest BCUT2D eigenvalue weighted by Crippen LogP contribution is -2.14. The van der Waals surface area contributed by atoms with Gasteiger partial charge in [0, 0.05) is 21.8 Å². The van der Waals surface area contributed by atoms with E-state index in [2.05, 4.69) is 107 Å². The van der Waals surface area contributed by atoms with Crippen molar-refractivity contribution in [2.45, 2.75) is 0 Å². The normalized spacial score (nSPS) is 16.1. The summed E-state index contributed by atoms with van der Waals surface area (Å²) in [6.07, 6.45) is 8.28. The van der Waals surface area contributed by atoms with Crippen LogP contribution in [0.1, 0.15) is 11.1 Å². The van der Waals surface area contributed by atoms with Gasteiger partial charge in [-0.2, -0.15) is 0 Å². The van der Waals surface area contributed by atoms with Crippen molar-refractivity contribution in [1.82, 2.24) is 9.97 Å². The first-order chi connectivity index (χ1) is 16.8. The third-order valence-corrected chi connectivity index (χ3v) is 6.38. The predicted octanol–water partition coefficient (Wildman–Crippen LogP) is 4.27. The molecular formula is C30H20N4. The Bertz CT molecular complexity index is 1690. The minimum Gasteiger partial charge on any atom is -0.353 e. The zero-order valence-corrected chi connectivity index (χ0v) is 18.3. The Morgan fingerprint density at radius 2 is 0.824 bits per heavy atom. The molecule has 0 radical (unpaired) electrons. The van der Waals surface area contributed by atoms with Crippen LogP contribution in [0, 0.1) is 10.7 Å². The molecule has 2 N–H and O–H groups in total. The molecule has 0 fully saturated rings. The quantitative estimate of drug-likeness (QED) is 0.472. The van der Waals surface area contributed by atoms with Gasteiger partial charge in [-0.1, -0.05) is 60.7 Å². The molecule has 4 aromatic rings. The summed E-state index contributed by atoms with van der Waals surface area (Å²) in [5.41, 5.74) is 7.99. The second-order valence-electron chi connectivity index (χ2n) is 8.48. The molecule has 3 aliphatic rings. The third kappa shape index (κ3) is 3.00.